The highest BCUT2D eigenvalue weighted by molar-refractivity contribution is 6.46. The first-order valence-corrected chi connectivity index (χ1v) is 11.6. The average molecular weight is 465 g/mol. The number of carbonyl (C=O) groups is 2. The van der Waals surface area contributed by atoms with Gasteiger partial charge in [-0.05, 0) is 48.7 Å². The first kappa shape index (κ1) is 22.1. The number of aliphatic hydroxyl groups is 1. The van der Waals surface area contributed by atoms with Gasteiger partial charge in [0.25, 0.3) is 11.7 Å². The van der Waals surface area contributed by atoms with E-state index in [2.05, 4.69) is 0 Å². The van der Waals surface area contributed by atoms with E-state index in [0.29, 0.717) is 35.8 Å². The van der Waals surface area contributed by atoms with Crippen LogP contribution in [0.4, 0.5) is 5.69 Å². The van der Waals surface area contributed by atoms with Crippen molar-refractivity contribution < 1.29 is 29.3 Å². The SMILES string of the molecule is COc1ccc(C2/C(=C(/O)c3ccc4c(c3)N(C)CCO4)C(=O)C(=O)N2C2CCCC2)cc1O. The summed E-state index contributed by atoms with van der Waals surface area (Å²) in [6.07, 6.45) is 3.55. The third-order valence-electron chi connectivity index (χ3n) is 7.04. The molecule has 8 heteroatoms. The predicted octanol–water partition coefficient (Wildman–Crippen LogP) is 3.59. The van der Waals surface area contributed by atoms with Gasteiger partial charge in [-0.25, -0.2) is 0 Å². The summed E-state index contributed by atoms with van der Waals surface area (Å²) in [5.74, 6) is -0.669. The van der Waals surface area contributed by atoms with Crippen molar-refractivity contribution in [2.24, 2.45) is 0 Å². The lowest BCUT2D eigenvalue weighted by Crippen LogP contribution is -2.37. The Kier molecular flexibility index (Phi) is 5.59. The van der Waals surface area contributed by atoms with Crippen molar-refractivity contribution in [2.75, 3.05) is 32.2 Å². The van der Waals surface area contributed by atoms with Gasteiger partial charge in [-0.3, -0.25) is 9.59 Å². The van der Waals surface area contributed by atoms with Gasteiger partial charge in [-0.1, -0.05) is 18.9 Å². The fourth-order valence-corrected chi connectivity index (χ4v) is 5.27. The molecule has 2 heterocycles. The lowest BCUT2D eigenvalue weighted by molar-refractivity contribution is -0.141. The Bertz CT molecular complexity index is 1180. The van der Waals surface area contributed by atoms with Crippen LogP contribution < -0.4 is 14.4 Å². The van der Waals surface area contributed by atoms with Crippen molar-refractivity contribution in [2.45, 2.75) is 37.8 Å². The molecule has 2 aliphatic heterocycles. The Balaban J connectivity index is 1.66. The van der Waals surface area contributed by atoms with E-state index in [-0.39, 0.29) is 23.1 Å². The fraction of sp³-hybridized carbons (Fsp3) is 0.385. The number of hydrogen-bond donors (Lipinski definition) is 2. The molecule has 1 saturated heterocycles. The van der Waals surface area contributed by atoms with Crippen LogP contribution in [0.5, 0.6) is 17.2 Å². The Morgan fingerprint density at radius 2 is 1.88 bits per heavy atom. The maximum atomic E-state index is 13.3. The number of methoxy groups -OCH3 is 1. The van der Waals surface area contributed by atoms with E-state index in [1.165, 1.54) is 13.2 Å². The van der Waals surface area contributed by atoms with Gasteiger partial charge in [-0.15, -0.1) is 0 Å². The minimum absolute atomic E-state index is 0.0285. The second-order valence-corrected chi connectivity index (χ2v) is 9.03. The van der Waals surface area contributed by atoms with Gasteiger partial charge >= 0.3 is 0 Å². The number of aromatic hydroxyl groups is 1. The minimum atomic E-state index is -0.801. The smallest absolute Gasteiger partial charge is 0.295 e. The first-order valence-electron chi connectivity index (χ1n) is 11.6. The third kappa shape index (κ3) is 3.54. The second kappa shape index (κ2) is 8.59. The van der Waals surface area contributed by atoms with Crippen LogP contribution in [0.15, 0.2) is 42.0 Å². The molecule has 8 nitrogen and oxygen atoms in total. The number of anilines is 1. The highest BCUT2D eigenvalue weighted by Gasteiger charge is 2.49. The Hall–Kier alpha value is -3.68. The standard InChI is InChI=1S/C26H28N2O6/c1-27-11-12-34-20-9-8-16(13-18(20)27)24(30)22-23(15-7-10-21(33-2)19(29)14-15)28(26(32)25(22)31)17-5-3-4-6-17/h7-10,13-14,17,23,29-30H,3-6,11-12H2,1-2H3/b24-22-. The number of likely N-dealkylation sites (tertiary alicyclic amines) is 1. The molecule has 34 heavy (non-hydrogen) atoms. The highest BCUT2D eigenvalue weighted by atomic mass is 16.5. The van der Waals surface area contributed by atoms with E-state index in [1.54, 1.807) is 35.2 Å². The van der Waals surface area contributed by atoms with Gasteiger partial charge < -0.3 is 29.5 Å². The fourth-order valence-electron chi connectivity index (χ4n) is 5.27. The van der Waals surface area contributed by atoms with Crippen molar-refractivity contribution >= 4 is 23.1 Å². The highest BCUT2D eigenvalue weighted by Crippen LogP contribution is 2.45. The first-order chi connectivity index (χ1) is 16.4. The van der Waals surface area contributed by atoms with E-state index in [0.717, 1.165) is 31.4 Å². The maximum Gasteiger partial charge on any atom is 0.295 e. The van der Waals surface area contributed by atoms with Crippen molar-refractivity contribution in [1.29, 1.82) is 0 Å². The summed E-state index contributed by atoms with van der Waals surface area (Å²) in [5.41, 5.74) is 1.81. The Morgan fingerprint density at radius 3 is 2.59 bits per heavy atom. The summed E-state index contributed by atoms with van der Waals surface area (Å²) in [4.78, 5) is 30.1. The molecule has 2 fully saturated rings. The summed E-state index contributed by atoms with van der Waals surface area (Å²) in [7, 11) is 3.39. The predicted molar refractivity (Wildman–Crippen MR) is 126 cm³/mol. The quantitative estimate of drug-likeness (QED) is 0.405. The molecule has 0 spiro atoms. The molecule has 1 saturated carbocycles. The molecule has 5 rings (SSSR count). The number of phenolic OH excluding ortho intramolecular Hbond substituents is 1. The molecule has 178 valence electrons. The maximum absolute atomic E-state index is 13.3. The molecule has 1 unspecified atom stereocenters. The molecule has 1 atom stereocenters. The Morgan fingerprint density at radius 1 is 1.12 bits per heavy atom. The van der Waals surface area contributed by atoms with Crippen LogP contribution in [0, 0.1) is 0 Å². The van der Waals surface area contributed by atoms with Crippen molar-refractivity contribution in [3.8, 4) is 17.2 Å². The van der Waals surface area contributed by atoms with E-state index in [1.807, 2.05) is 11.9 Å². The largest absolute Gasteiger partial charge is 0.507 e. The second-order valence-electron chi connectivity index (χ2n) is 9.03. The molecule has 3 aliphatic rings. The molecular weight excluding hydrogens is 436 g/mol. The summed E-state index contributed by atoms with van der Waals surface area (Å²) in [6.45, 7) is 1.27. The van der Waals surface area contributed by atoms with Crippen molar-refractivity contribution in [3.63, 3.8) is 0 Å². The number of carbonyl (C=O) groups excluding carboxylic acids is 2. The van der Waals surface area contributed by atoms with Crippen molar-refractivity contribution in [3.05, 3.63) is 53.1 Å². The topological polar surface area (TPSA) is 99.5 Å². The van der Waals surface area contributed by atoms with Gasteiger partial charge in [0.1, 0.15) is 18.1 Å². The molecule has 2 N–H and O–H groups in total. The third-order valence-corrected chi connectivity index (χ3v) is 7.04. The van der Waals surface area contributed by atoms with E-state index < -0.39 is 17.7 Å². The normalized spacial score (nSPS) is 22.1. The number of ether oxygens (including phenoxy) is 2. The number of rotatable bonds is 4. The molecule has 1 aliphatic carbocycles. The number of amides is 1. The van der Waals surface area contributed by atoms with Crippen LogP contribution in [0.2, 0.25) is 0 Å². The molecule has 0 bridgehead atoms. The molecule has 2 aromatic carbocycles. The number of fused-ring (bicyclic) bond motifs is 1. The molecule has 0 radical (unpaired) electrons. The van der Waals surface area contributed by atoms with Gasteiger partial charge in [0.05, 0.1) is 31.0 Å². The van der Waals surface area contributed by atoms with E-state index >= 15 is 0 Å². The number of ketones is 1. The van der Waals surface area contributed by atoms with Crippen LogP contribution in [0.25, 0.3) is 5.76 Å². The van der Waals surface area contributed by atoms with Crippen LogP contribution in [0.1, 0.15) is 42.9 Å². The van der Waals surface area contributed by atoms with Crippen LogP contribution in [-0.4, -0.2) is 60.2 Å². The number of aliphatic hydroxyl groups excluding tert-OH is 1. The van der Waals surface area contributed by atoms with Gasteiger partial charge in [0.15, 0.2) is 11.5 Å². The number of phenols is 1. The number of hydrogen-bond acceptors (Lipinski definition) is 7. The lowest BCUT2D eigenvalue weighted by Gasteiger charge is -2.31. The summed E-state index contributed by atoms with van der Waals surface area (Å²) in [6, 6.07) is 9.15. The lowest BCUT2D eigenvalue weighted by atomic mass is 9.94. The number of likely N-dealkylation sites (N-methyl/N-ethyl adjacent to an activating group) is 1. The molecular formula is C26H28N2O6. The van der Waals surface area contributed by atoms with E-state index in [4.69, 9.17) is 9.47 Å². The zero-order valence-corrected chi connectivity index (χ0v) is 19.3. The number of Topliss-reactive ketones (excluding diaryl/α,β-unsaturated/α-hetero) is 1. The zero-order chi connectivity index (χ0) is 24.0. The summed E-state index contributed by atoms with van der Waals surface area (Å²) in [5, 5.41) is 21.8. The minimum Gasteiger partial charge on any atom is -0.507 e. The van der Waals surface area contributed by atoms with Gasteiger partial charge in [0.2, 0.25) is 0 Å². The van der Waals surface area contributed by atoms with Gasteiger partial charge in [0, 0.05) is 18.7 Å². The number of nitrogens with zero attached hydrogens (tertiary/aromatic N) is 2. The van der Waals surface area contributed by atoms with Crippen molar-refractivity contribution in [1.82, 2.24) is 4.90 Å². The van der Waals surface area contributed by atoms with Gasteiger partial charge in [-0.2, -0.15) is 0 Å². The summed E-state index contributed by atoms with van der Waals surface area (Å²) >= 11 is 0. The Labute approximate surface area is 198 Å². The van der Waals surface area contributed by atoms with Crippen LogP contribution in [0.3, 0.4) is 0 Å². The van der Waals surface area contributed by atoms with E-state index in [9.17, 15) is 19.8 Å². The van der Waals surface area contributed by atoms with Crippen LogP contribution >= 0.6 is 0 Å². The average Bonchev–Trinajstić information content (AvgIpc) is 3.45. The summed E-state index contributed by atoms with van der Waals surface area (Å²) < 4.78 is 10.9. The zero-order valence-electron chi connectivity index (χ0n) is 19.3. The monoisotopic (exact) mass is 464 g/mol. The molecule has 1 amide bonds. The van der Waals surface area contributed by atoms with Crippen LogP contribution in [-0.2, 0) is 9.59 Å². The molecule has 0 aromatic heterocycles. The number of benzene rings is 2. The molecule has 2 aromatic rings.